The molecule has 1 amide bonds. The molecule has 2 aromatic carbocycles. The van der Waals surface area contributed by atoms with Crippen LogP contribution in [0.2, 0.25) is 0 Å². The number of carbonyl (C=O) groups is 2. The van der Waals surface area contributed by atoms with E-state index in [4.69, 9.17) is 4.74 Å². The maximum absolute atomic E-state index is 17.6. The van der Waals surface area contributed by atoms with Crippen molar-refractivity contribution in [2.75, 3.05) is 56.2 Å². The number of methoxy groups -OCH3 is 1. The number of aromatic nitrogens is 2. The molecule has 4 atom stereocenters. The van der Waals surface area contributed by atoms with Crippen LogP contribution in [0.4, 0.5) is 28.9 Å². The molecule has 0 saturated carbocycles. The second kappa shape index (κ2) is 13.2. The largest absolute Gasteiger partial charge is 0.497 e. The molecule has 0 spiro atoms. The van der Waals surface area contributed by atoms with Crippen LogP contribution in [0.5, 0.6) is 5.75 Å². The number of ether oxygens (including phenoxy) is 1. The van der Waals surface area contributed by atoms with Crippen LogP contribution in [0, 0.1) is 11.8 Å². The summed E-state index contributed by atoms with van der Waals surface area (Å²) in [5.41, 5.74) is -0.804. The summed E-state index contributed by atoms with van der Waals surface area (Å²) in [7, 11) is 1.54. The number of anilines is 2. The van der Waals surface area contributed by atoms with E-state index in [0.29, 0.717) is 60.6 Å². The Kier molecular flexibility index (Phi) is 9.23. The van der Waals surface area contributed by atoms with Gasteiger partial charge in [-0.25, -0.2) is 14.4 Å². The van der Waals surface area contributed by atoms with Crippen molar-refractivity contribution in [2.24, 2.45) is 11.8 Å². The molecule has 3 aliphatic heterocycles. The van der Waals surface area contributed by atoms with Gasteiger partial charge in [0.2, 0.25) is 5.67 Å². The highest BCUT2D eigenvalue weighted by molar-refractivity contribution is 5.89. The van der Waals surface area contributed by atoms with Gasteiger partial charge in [0.05, 0.1) is 43.2 Å². The molecule has 0 bridgehead atoms. The first-order valence-electron chi connectivity index (χ1n) is 16.2. The predicted octanol–water partition coefficient (Wildman–Crippen LogP) is 5.77. The fourth-order valence-electron chi connectivity index (χ4n) is 7.63. The summed E-state index contributed by atoms with van der Waals surface area (Å²) < 4.78 is 64.5. The average molecular weight is 670 g/mol. The number of piperidine rings is 1. The van der Waals surface area contributed by atoms with E-state index in [1.165, 1.54) is 12.4 Å². The van der Waals surface area contributed by atoms with Gasteiger partial charge in [-0.2, -0.15) is 13.2 Å². The number of carboxylic acids is 1. The number of carbonyl (C=O) groups excluding carboxylic acids is 1. The molecule has 48 heavy (non-hydrogen) atoms. The first kappa shape index (κ1) is 33.5. The first-order chi connectivity index (χ1) is 22.9. The van der Waals surface area contributed by atoms with Crippen LogP contribution in [0.3, 0.4) is 0 Å². The average Bonchev–Trinajstić information content (AvgIpc) is 3.70. The third kappa shape index (κ3) is 6.38. The molecule has 0 unspecified atom stereocenters. The zero-order valence-corrected chi connectivity index (χ0v) is 26.9. The second-order valence-electron chi connectivity index (χ2n) is 13.0. The number of aliphatic carboxylic acids is 1. The van der Waals surface area contributed by atoms with Gasteiger partial charge in [-0.15, -0.1) is 0 Å². The summed E-state index contributed by atoms with van der Waals surface area (Å²) in [6.45, 7) is 2.98. The van der Waals surface area contributed by atoms with Crippen LogP contribution in [0.25, 0.3) is 0 Å². The monoisotopic (exact) mass is 669 g/mol. The minimum absolute atomic E-state index is 0.121. The second-order valence-corrected chi connectivity index (χ2v) is 13.0. The Labute approximate surface area is 276 Å². The quantitative estimate of drug-likeness (QED) is 0.302. The van der Waals surface area contributed by atoms with Crippen molar-refractivity contribution in [2.45, 2.75) is 49.9 Å². The summed E-state index contributed by atoms with van der Waals surface area (Å²) in [5, 5.41) is 9.48. The lowest BCUT2D eigenvalue weighted by Crippen LogP contribution is -2.50. The number of nitrogens with zero attached hydrogens (tertiary/aromatic N) is 5. The highest BCUT2D eigenvalue weighted by Crippen LogP contribution is 2.47. The third-order valence-electron chi connectivity index (χ3n) is 10.4. The van der Waals surface area contributed by atoms with Crippen LogP contribution in [-0.2, 0) is 15.8 Å². The van der Waals surface area contributed by atoms with Crippen LogP contribution >= 0.6 is 0 Å². The molecular formula is C35H39F4N5O4. The fraction of sp³-hybridized carbons (Fsp3) is 0.486. The molecule has 6 rings (SSSR count). The van der Waals surface area contributed by atoms with Crippen molar-refractivity contribution in [3.63, 3.8) is 0 Å². The number of hydrogen-bond acceptors (Lipinski definition) is 7. The molecule has 4 heterocycles. The highest BCUT2D eigenvalue weighted by Gasteiger charge is 2.57. The summed E-state index contributed by atoms with van der Waals surface area (Å²) in [6.07, 6.45) is 1.24. The van der Waals surface area contributed by atoms with Crippen molar-refractivity contribution >= 4 is 23.3 Å². The lowest BCUT2D eigenvalue weighted by Gasteiger charge is -2.35. The number of halogens is 4. The van der Waals surface area contributed by atoms with Gasteiger partial charge >= 0.3 is 12.1 Å². The number of benzene rings is 2. The van der Waals surface area contributed by atoms with Crippen molar-refractivity contribution in [1.82, 2.24) is 14.9 Å². The Morgan fingerprint density at radius 2 is 1.69 bits per heavy atom. The van der Waals surface area contributed by atoms with E-state index in [0.717, 1.165) is 12.1 Å². The van der Waals surface area contributed by atoms with Gasteiger partial charge in [-0.1, -0.05) is 31.5 Å². The van der Waals surface area contributed by atoms with E-state index in [2.05, 4.69) is 9.97 Å². The molecule has 256 valence electrons. The molecule has 0 aliphatic carbocycles. The van der Waals surface area contributed by atoms with E-state index < -0.39 is 41.1 Å². The first-order valence-corrected chi connectivity index (χ1v) is 16.2. The Morgan fingerprint density at radius 3 is 2.29 bits per heavy atom. The lowest BCUT2D eigenvalue weighted by atomic mass is 9.84. The third-order valence-corrected chi connectivity index (χ3v) is 10.4. The van der Waals surface area contributed by atoms with Gasteiger partial charge in [0.15, 0.2) is 0 Å². The molecule has 1 N–H and O–H groups in total. The lowest BCUT2D eigenvalue weighted by molar-refractivity contribution is -0.143. The van der Waals surface area contributed by atoms with Crippen LogP contribution in [0.1, 0.15) is 54.7 Å². The Hall–Kier alpha value is -4.42. The Bertz CT molecular complexity index is 1620. The van der Waals surface area contributed by atoms with Gasteiger partial charge in [0.25, 0.3) is 5.91 Å². The van der Waals surface area contributed by atoms with Gasteiger partial charge in [0, 0.05) is 50.2 Å². The molecule has 1 aromatic heterocycles. The SMILES string of the molecule is CC[C@H]1CN(C(=O)[C@]2(F)CN(c3cncnc3)C[C@H]2c2ccc(OC)cc2)C[C@@H]1c1ccc(C(F)(F)F)cc1N1CCC(C(=O)O)CC1. The highest BCUT2D eigenvalue weighted by atomic mass is 19.4. The number of likely N-dealkylation sites (tertiary alicyclic amines) is 1. The zero-order valence-electron chi connectivity index (χ0n) is 26.9. The van der Waals surface area contributed by atoms with Crippen molar-refractivity contribution < 1.29 is 37.0 Å². The fourth-order valence-corrected chi connectivity index (χ4v) is 7.63. The van der Waals surface area contributed by atoms with E-state index >= 15 is 4.39 Å². The van der Waals surface area contributed by atoms with E-state index in [-0.39, 0.29) is 38.0 Å². The summed E-state index contributed by atoms with van der Waals surface area (Å²) >= 11 is 0. The summed E-state index contributed by atoms with van der Waals surface area (Å²) in [6, 6.07) is 10.7. The Balaban J connectivity index is 1.32. The van der Waals surface area contributed by atoms with Crippen molar-refractivity contribution in [3.8, 4) is 5.75 Å². The molecule has 0 radical (unpaired) electrons. The molecule has 13 heteroatoms. The molecule has 3 aromatic rings. The van der Waals surface area contributed by atoms with E-state index in [1.54, 1.807) is 53.6 Å². The van der Waals surface area contributed by atoms with Crippen LogP contribution in [0.15, 0.2) is 61.2 Å². The van der Waals surface area contributed by atoms with E-state index in [1.807, 2.05) is 11.8 Å². The maximum Gasteiger partial charge on any atom is 0.416 e. The maximum atomic E-state index is 17.6. The standard InChI is InChI=1S/C35H39F4N5O4/c1-3-22-17-43(18-29(22)28-9-6-25(35(37,38)39)14-31(28)42-12-10-24(11-13-42)32(45)46)33(47)34(36)20-44(26-15-40-21-41-16-26)19-30(34)23-4-7-27(48-2)8-5-23/h4-9,14-16,21-22,24,29-30H,3,10-13,17-20H2,1-2H3,(H,45,46)/t22-,29-,30-,34-/m0/s1. The number of hydrogen-bond donors (Lipinski definition) is 1. The van der Waals surface area contributed by atoms with Gasteiger partial charge in [-0.3, -0.25) is 9.59 Å². The number of rotatable bonds is 8. The normalized spacial score (nSPS) is 25.0. The van der Waals surface area contributed by atoms with Crippen LogP contribution in [-0.4, -0.2) is 83.9 Å². The predicted molar refractivity (Wildman–Crippen MR) is 171 cm³/mol. The Morgan fingerprint density at radius 1 is 1.00 bits per heavy atom. The van der Waals surface area contributed by atoms with Crippen LogP contribution < -0.4 is 14.5 Å². The van der Waals surface area contributed by atoms with Crippen molar-refractivity contribution in [3.05, 3.63) is 77.9 Å². The number of amides is 1. The summed E-state index contributed by atoms with van der Waals surface area (Å²) in [4.78, 5) is 39.3. The zero-order chi connectivity index (χ0) is 34.2. The van der Waals surface area contributed by atoms with E-state index in [9.17, 15) is 27.9 Å². The molecule has 3 aliphatic rings. The smallest absolute Gasteiger partial charge is 0.416 e. The minimum atomic E-state index is -4.57. The van der Waals surface area contributed by atoms with Gasteiger partial charge in [0.1, 0.15) is 12.1 Å². The molecule has 3 saturated heterocycles. The molecular weight excluding hydrogens is 630 g/mol. The van der Waals surface area contributed by atoms with Gasteiger partial charge in [-0.05, 0) is 54.2 Å². The molecule has 9 nitrogen and oxygen atoms in total. The molecule has 3 fully saturated rings. The van der Waals surface area contributed by atoms with Crippen molar-refractivity contribution in [1.29, 1.82) is 0 Å². The van der Waals surface area contributed by atoms with Gasteiger partial charge < -0.3 is 24.5 Å². The minimum Gasteiger partial charge on any atom is -0.497 e. The number of alkyl halides is 4. The summed E-state index contributed by atoms with van der Waals surface area (Å²) in [5.74, 6) is -2.78. The topological polar surface area (TPSA) is 99.1 Å². The number of carboxylic acid groups (broad SMARTS) is 1.